The van der Waals surface area contributed by atoms with Crippen molar-refractivity contribution >= 4 is 35.0 Å². The summed E-state index contributed by atoms with van der Waals surface area (Å²) in [4.78, 5) is 31.5. The molecule has 2 aliphatic rings. The Morgan fingerprint density at radius 1 is 1.04 bits per heavy atom. The molecule has 0 saturated heterocycles. The fraction of sp³-hybridized carbons (Fsp3) is 0.0952. The van der Waals surface area contributed by atoms with Crippen LogP contribution in [-0.2, 0) is 9.67 Å². The van der Waals surface area contributed by atoms with Gasteiger partial charge in [-0.25, -0.2) is 4.98 Å². The van der Waals surface area contributed by atoms with E-state index in [9.17, 15) is 9.59 Å². The third-order valence-corrected chi connectivity index (χ3v) is 6.34. The van der Waals surface area contributed by atoms with Gasteiger partial charge in [-0.1, -0.05) is 30.0 Å². The van der Waals surface area contributed by atoms with Crippen LogP contribution in [-0.4, -0.2) is 23.9 Å². The van der Waals surface area contributed by atoms with Crippen LogP contribution in [0.15, 0.2) is 71.9 Å². The van der Waals surface area contributed by atoms with Gasteiger partial charge in [0.05, 0.1) is 12.7 Å². The van der Waals surface area contributed by atoms with Crippen LogP contribution in [0.1, 0.15) is 15.9 Å². The second kappa shape index (κ2) is 6.10. The number of fused-ring (bicyclic) bond motifs is 3. The van der Waals surface area contributed by atoms with Crippen LogP contribution in [0, 0.1) is 0 Å². The van der Waals surface area contributed by atoms with Crippen molar-refractivity contribution in [1.82, 2.24) is 4.98 Å². The lowest BCUT2D eigenvalue weighted by molar-refractivity contribution is -0.118. The molecule has 0 bridgehead atoms. The molecule has 28 heavy (non-hydrogen) atoms. The maximum absolute atomic E-state index is 13.5. The third kappa shape index (κ3) is 2.20. The highest BCUT2D eigenvalue weighted by molar-refractivity contribution is 8.01. The highest BCUT2D eigenvalue weighted by atomic mass is 32.2. The molecule has 1 N–H and O–H groups in total. The number of rotatable bonds is 2. The summed E-state index contributed by atoms with van der Waals surface area (Å²) in [6.07, 6.45) is 1.63. The van der Waals surface area contributed by atoms with E-state index in [4.69, 9.17) is 4.74 Å². The molecule has 0 saturated carbocycles. The quantitative estimate of drug-likeness (QED) is 0.724. The summed E-state index contributed by atoms with van der Waals surface area (Å²) < 4.78 is 5.24. The molecule has 1 unspecified atom stereocenters. The van der Waals surface area contributed by atoms with E-state index in [-0.39, 0.29) is 11.8 Å². The third-order valence-electron chi connectivity index (χ3n) is 4.94. The number of aromatic nitrogens is 1. The van der Waals surface area contributed by atoms with Crippen LogP contribution in [0.4, 0.5) is 11.4 Å². The highest BCUT2D eigenvalue weighted by Gasteiger charge is 2.58. The molecular weight excluding hydrogens is 374 g/mol. The second-order valence-corrected chi connectivity index (χ2v) is 7.62. The first kappa shape index (κ1) is 16.8. The molecule has 3 heterocycles. The normalized spacial score (nSPS) is 20.0. The molecule has 0 radical (unpaired) electrons. The molecule has 3 aromatic rings. The summed E-state index contributed by atoms with van der Waals surface area (Å²) in [5.41, 5.74) is 2.53. The van der Waals surface area contributed by atoms with Gasteiger partial charge in [-0.2, -0.15) is 0 Å². The first-order valence-electron chi connectivity index (χ1n) is 8.69. The lowest BCUT2D eigenvalue weighted by atomic mass is 10.0. The lowest BCUT2D eigenvalue weighted by Gasteiger charge is -2.42. The van der Waals surface area contributed by atoms with E-state index in [0.29, 0.717) is 27.7 Å². The van der Waals surface area contributed by atoms with Crippen molar-refractivity contribution < 1.29 is 14.3 Å². The van der Waals surface area contributed by atoms with Gasteiger partial charge in [0, 0.05) is 23.1 Å². The molecule has 2 amide bonds. The molecule has 5 rings (SSSR count). The zero-order valence-corrected chi connectivity index (χ0v) is 15.7. The van der Waals surface area contributed by atoms with Gasteiger partial charge in [-0.15, -0.1) is 0 Å². The second-order valence-electron chi connectivity index (χ2n) is 6.44. The average Bonchev–Trinajstić information content (AvgIpc) is 3.00. The standard InChI is InChI=1S/C21H15N3O3S/c1-27-14-10-8-13(9-11-14)24-19(25)15-5-4-12-22-18(15)28-21(24)16-6-2-3-7-17(16)23-20(21)26/h2-12H,1H3,(H,23,26). The van der Waals surface area contributed by atoms with Crippen molar-refractivity contribution in [2.75, 3.05) is 17.3 Å². The van der Waals surface area contributed by atoms with E-state index in [1.807, 2.05) is 24.3 Å². The molecule has 2 aromatic carbocycles. The molecule has 7 heteroatoms. The van der Waals surface area contributed by atoms with Gasteiger partial charge >= 0.3 is 0 Å². The maximum Gasteiger partial charge on any atom is 0.266 e. The fourth-order valence-corrected chi connectivity index (χ4v) is 5.02. The smallest absolute Gasteiger partial charge is 0.266 e. The predicted octanol–water partition coefficient (Wildman–Crippen LogP) is 3.65. The monoisotopic (exact) mass is 389 g/mol. The number of methoxy groups -OCH3 is 1. The van der Waals surface area contributed by atoms with E-state index in [2.05, 4.69) is 10.3 Å². The summed E-state index contributed by atoms with van der Waals surface area (Å²) in [6, 6.07) is 18.0. The number of benzene rings is 2. The number of para-hydroxylation sites is 1. The minimum Gasteiger partial charge on any atom is -0.497 e. The van der Waals surface area contributed by atoms with Crippen LogP contribution in [0.5, 0.6) is 5.75 Å². The summed E-state index contributed by atoms with van der Waals surface area (Å²) in [5.74, 6) is 0.145. The van der Waals surface area contributed by atoms with Gasteiger partial charge < -0.3 is 10.1 Å². The predicted molar refractivity (Wildman–Crippen MR) is 107 cm³/mol. The summed E-state index contributed by atoms with van der Waals surface area (Å²) >= 11 is 1.29. The number of amides is 2. The Kier molecular flexibility index (Phi) is 3.67. The lowest BCUT2D eigenvalue weighted by Crippen LogP contribution is -2.54. The number of nitrogens with zero attached hydrogens (tertiary/aromatic N) is 2. The van der Waals surface area contributed by atoms with E-state index in [0.717, 1.165) is 5.56 Å². The van der Waals surface area contributed by atoms with Crippen LogP contribution < -0.4 is 15.0 Å². The van der Waals surface area contributed by atoms with Gasteiger partial charge in [-0.3, -0.25) is 14.5 Å². The zero-order chi connectivity index (χ0) is 19.3. The number of thioether (sulfide) groups is 1. The maximum atomic E-state index is 13.5. The molecule has 138 valence electrons. The van der Waals surface area contributed by atoms with Crippen molar-refractivity contribution in [3.8, 4) is 5.75 Å². The van der Waals surface area contributed by atoms with E-state index in [1.54, 1.807) is 54.6 Å². The highest BCUT2D eigenvalue weighted by Crippen LogP contribution is 2.55. The van der Waals surface area contributed by atoms with Crippen LogP contribution >= 0.6 is 11.8 Å². The number of carbonyl (C=O) groups excluding carboxylic acids is 2. The van der Waals surface area contributed by atoms with Crippen molar-refractivity contribution in [2.24, 2.45) is 0 Å². The Balaban J connectivity index is 1.78. The van der Waals surface area contributed by atoms with Crippen molar-refractivity contribution in [1.29, 1.82) is 0 Å². The van der Waals surface area contributed by atoms with E-state index < -0.39 is 4.87 Å². The fourth-order valence-electron chi connectivity index (χ4n) is 3.65. The van der Waals surface area contributed by atoms with Gasteiger partial charge in [0.15, 0.2) is 0 Å². The van der Waals surface area contributed by atoms with Crippen LogP contribution in [0.3, 0.4) is 0 Å². The van der Waals surface area contributed by atoms with Crippen molar-refractivity contribution in [3.63, 3.8) is 0 Å². The molecule has 1 atom stereocenters. The minimum atomic E-state index is -1.26. The first-order chi connectivity index (χ1) is 13.6. The summed E-state index contributed by atoms with van der Waals surface area (Å²) in [6.45, 7) is 0. The van der Waals surface area contributed by atoms with Crippen LogP contribution in [0.2, 0.25) is 0 Å². The number of anilines is 2. The van der Waals surface area contributed by atoms with E-state index in [1.165, 1.54) is 11.8 Å². The first-order valence-corrected chi connectivity index (χ1v) is 9.50. The number of carbonyl (C=O) groups is 2. The number of nitrogens with one attached hydrogen (secondary N) is 1. The topological polar surface area (TPSA) is 71.5 Å². The van der Waals surface area contributed by atoms with Gasteiger partial charge in [0.2, 0.25) is 4.87 Å². The summed E-state index contributed by atoms with van der Waals surface area (Å²) in [7, 11) is 1.58. The Hall–Kier alpha value is -3.32. The SMILES string of the molecule is COc1ccc(N2C(=O)c3cccnc3SC23C(=O)Nc2ccccc23)cc1. The molecule has 0 fully saturated rings. The Bertz CT molecular complexity index is 1120. The summed E-state index contributed by atoms with van der Waals surface area (Å²) in [5, 5.41) is 3.47. The zero-order valence-electron chi connectivity index (χ0n) is 14.9. The Morgan fingerprint density at radius 3 is 2.61 bits per heavy atom. The van der Waals surface area contributed by atoms with Crippen molar-refractivity contribution in [2.45, 2.75) is 9.90 Å². The minimum absolute atomic E-state index is 0.265. The Labute approximate surface area is 165 Å². The van der Waals surface area contributed by atoms with E-state index >= 15 is 0 Å². The van der Waals surface area contributed by atoms with Gasteiger partial charge in [0.25, 0.3) is 11.8 Å². The Morgan fingerprint density at radius 2 is 1.82 bits per heavy atom. The van der Waals surface area contributed by atoms with Gasteiger partial charge in [0.1, 0.15) is 10.8 Å². The molecule has 1 spiro atoms. The molecule has 1 aromatic heterocycles. The number of hydrogen-bond donors (Lipinski definition) is 1. The molecule has 6 nitrogen and oxygen atoms in total. The molecule has 2 aliphatic heterocycles. The van der Waals surface area contributed by atoms with Crippen molar-refractivity contribution in [3.05, 3.63) is 78.0 Å². The average molecular weight is 389 g/mol. The number of pyridine rings is 1. The largest absolute Gasteiger partial charge is 0.497 e. The molecule has 0 aliphatic carbocycles. The molecular formula is C21H15N3O3S. The number of hydrogen-bond acceptors (Lipinski definition) is 5. The van der Waals surface area contributed by atoms with Crippen LogP contribution in [0.25, 0.3) is 0 Å². The van der Waals surface area contributed by atoms with Gasteiger partial charge in [-0.05, 0) is 42.5 Å². The number of ether oxygens (including phenoxy) is 1.